The zero-order chi connectivity index (χ0) is 31.7. The molecule has 4 aromatic carbocycles. The van der Waals surface area contributed by atoms with Crippen molar-refractivity contribution in [1.29, 1.82) is 0 Å². The fourth-order valence-corrected chi connectivity index (χ4v) is 6.74. The van der Waals surface area contributed by atoms with Crippen LogP contribution in [-0.4, -0.2) is 35.5 Å². The molecule has 0 aliphatic carbocycles. The number of nitrogens with zero attached hydrogens (tertiary/aromatic N) is 2. The van der Waals surface area contributed by atoms with Crippen molar-refractivity contribution in [3.05, 3.63) is 118 Å². The number of amides is 1. The number of benzene rings is 4. The molecule has 1 aromatic heterocycles. The van der Waals surface area contributed by atoms with Crippen LogP contribution in [-0.2, 0) is 16.2 Å². The molecule has 1 N–H and O–H groups in total. The second-order valence-corrected chi connectivity index (χ2v) is 11.7. The van der Waals surface area contributed by atoms with Gasteiger partial charge in [-0.3, -0.25) is 14.5 Å². The van der Waals surface area contributed by atoms with Crippen LogP contribution in [0.4, 0.5) is 5.13 Å². The lowest BCUT2D eigenvalue weighted by atomic mass is 9.95. The summed E-state index contributed by atoms with van der Waals surface area (Å²) in [6.45, 7) is 6.59. The molecule has 1 aliphatic heterocycles. The van der Waals surface area contributed by atoms with E-state index in [1.807, 2.05) is 63.2 Å². The first-order chi connectivity index (χ1) is 21.8. The highest BCUT2D eigenvalue weighted by molar-refractivity contribution is 7.22. The number of ether oxygens (including phenoxy) is 3. The van der Waals surface area contributed by atoms with Gasteiger partial charge in [-0.05, 0) is 73.4 Å². The van der Waals surface area contributed by atoms with Crippen LogP contribution in [0.2, 0.25) is 0 Å². The highest BCUT2D eigenvalue weighted by Crippen LogP contribution is 2.46. The summed E-state index contributed by atoms with van der Waals surface area (Å²) in [7, 11) is 1.53. The molecule has 6 rings (SSSR count). The second kappa shape index (κ2) is 12.5. The van der Waals surface area contributed by atoms with Crippen molar-refractivity contribution in [2.45, 2.75) is 33.4 Å². The molecule has 1 atom stereocenters. The molecule has 0 saturated carbocycles. The van der Waals surface area contributed by atoms with E-state index in [1.54, 1.807) is 42.5 Å². The first-order valence-corrected chi connectivity index (χ1v) is 15.4. The number of aryl methyl sites for hydroxylation is 2. The fraction of sp³-hybridized carbons (Fsp3) is 0.194. The number of Topliss-reactive ketones (excluding diaryl/α,β-unsaturated/α-hetero) is 1. The summed E-state index contributed by atoms with van der Waals surface area (Å²) in [5.74, 6) is -0.445. The minimum Gasteiger partial charge on any atom is -0.507 e. The molecule has 1 unspecified atom stereocenters. The van der Waals surface area contributed by atoms with Crippen LogP contribution in [0.15, 0.2) is 90.5 Å². The van der Waals surface area contributed by atoms with Gasteiger partial charge < -0.3 is 19.3 Å². The number of thiazole rings is 1. The Morgan fingerprint density at radius 1 is 0.933 bits per heavy atom. The van der Waals surface area contributed by atoms with Crippen molar-refractivity contribution in [1.82, 2.24) is 4.98 Å². The topological polar surface area (TPSA) is 98.2 Å². The van der Waals surface area contributed by atoms with Crippen molar-refractivity contribution < 1.29 is 28.9 Å². The van der Waals surface area contributed by atoms with Crippen LogP contribution in [0.1, 0.15) is 40.8 Å². The monoisotopic (exact) mass is 620 g/mol. The summed E-state index contributed by atoms with van der Waals surface area (Å²) >= 11 is 1.33. The molecular weight excluding hydrogens is 588 g/mol. The maximum Gasteiger partial charge on any atom is 0.301 e. The van der Waals surface area contributed by atoms with Gasteiger partial charge in [0.25, 0.3) is 5.78 Å². The Labute approximate surface area is 265 Å². The average molecular weight is 621 g/mol. The van der Waals surface area contributed by atoms with E-state index >= 15 is 0 Å². The number of hydrogen-bond acceptors (Lipinski definition) is 8. The molecule has 0 spiro atoms. The predicted molar refractivity (Wildman–Crippen MR) is 175 cm³/mol. The van der Waals surface area contributed by atoms with Gasteiger partial charge in [-0.2, -0.15) is 0 Å². The third-order valence-electron chi connectivity index (χ3n) is 7.63. The number of rotatable bonds is 9. The first-order valence-electron chi connectivity index (χ1n) is 14.6. The molecule has 1 aliphatic rings. The lowest BCUT2D eigenvalue weighted by Crippen LogP contribution is -2.29. The van der Waals surface area contributed by atoms with Crippen LogP contribution in [0.5, 0.6) is 17.2 Å². The summed E-state index contributed by atoms with van der Waals surface area (Å²) in [5, 5.41) is 12.0. The normalized spacial score (nSPS) is 15.9. The average Bonchev–Trinajstić information content (AvgIpc) is 3.58. The Morgan fingerprint density at radius 2 is 1.73 bits per heavy atom. The fourth-order valence-electron chi connectivity index (χ4n) is 5.57. The van der Waals surface area contributed by atoms with Crippen molar-refractivity contribution in [3.8, 4) is 17.2 Å². The molecule has 8 nitrogen and oxygen atoms in total. The van der Waals surface area contributed by atoms with E-state index in [9.17, 15) is 14.7 Å². The Morgan fingerprint density at radius 3 is 2.49 bits per heavy atom. The number of aliphatic hydroxyl groups is 1. The molecule has 1 fully saturated rings. The molecule has 0 radical (unpaired) electrons. The third-order valence-corrected chi connectivity index (χ3v) is 8.63. The van der Waals surface area contributed by atoms with E-state index in [0.29, 0.717) is 46.7 Å². The van der Waals surface area contributed by atoms with Gasteiger partial charge in [0.15, 0.2) is 16.6 Å². The summed E-state index contributed by atoms with van der Waals surface area (Å²) < 4.78 is 18.3. The van der Waals surface area contributed by atoms with Crippen LogP contribution < -0.4 is 19.1 Å². The molecule has 9 heteroatoms. The van der Waals surface area contributed by atoms with Crippen molar-refractivity contribution in [2.24, 2.45) is 0 Å². The number of methoxy groups -OCH3 is 1. The zero-order valence-corrected chi connectivity index (χ0v) is 26.2. The van der Waals surface area contributed by atoms with Gasteiger partial charge >= 0.3 is 5.91 Å². The number of anilines is 1. The highest BCUT2D eigenvalue weighted by atomic mass is 32.1. The standard InChI is InChI=1S/C36H32N2O6S/c1-5-43-26-13-9-12-25(18-26)33(39)30-32(24-14-15-27(28(19-24)42-4)44-20-23-10-7-6-8-11-23)38(35(41)34(30)40)36-37-31-22(3)16-21(2)17-29(31)45-36/h6-19,32,39H,5,20H2,1-4H3. The summed E-state index contributed by atoms with van der Waals surface area (Å²) in [4.78, 5) is 33.8. The van der Waals surface area contributed by atoms with Crippen LogP contribution in [0.3, 0.4) is 0 Å². The van der Waals surface area contributed by atoms with Crippen LogP contribution in [0.25, 0.3) is 16.0 Å². The third kappa shape index (κ3) is 5.74. The van der Waals surface area contributed by atoms with Crippen molar-refractivity contribution >= 4 is 44.1 Å². The maximum atomic E-state index is 13.8. The van der Waals surface area contributed by atoms with Gasteiger partial charge in [-0.15, -0.1) is 0 Å². The maximum absolute atomic E-state index is 13.8. The van der Waals surface area contributed by atoms with Crippen molar-refractivity contribution in [2.75, 3.05) is 18.6 Å². The Kier molecular flexibility index (Phi) is 8.28. The lowest BCUT2D eigenvalue weighted by Gasteiger charge is -2.24. The summed E-state index contributed by atoms with van der Waals surface area (Å²) in [6, 6.07) is 24.9. The van der Waals surface area contributed by atoms with Gasteiger partial charge in [-0.25, -0.2) is 4.98 Å². The summed E-state index contributed by atoms with van der Waals surface area (Å²) in [5.41, 5.74) is 4.64. The van der Waals surface area contributed by atoms with E-state index < -0.39 is 17.7 Å². The molecule has 1 saturated heterocycles. The van der Waals surface area contributed by atoms with Gasteiger partial charge in [0.05, 0.1) is 35.5 Å². The number of carbonyl (C=O) groups is 2. The Hall–Kier alpha value is -5.15. The molecule has 5 aromatic rings. The molecular formula is C36H32N2O6S. The zero-order valence-electron chi connectivity index (χ0n) is 25.4. The molecule has 0 bridgehead atoms. The van der Waals surface area contributed by atoms with Gasteiger partial charge in [0.1, 0.15) is 18.1 Å². The van der Waals surface area contributed by atoms with E-state index in [4.69, 9.17) is 19.2 Å². The molecule has 1 amide bonds. The highest BCUT2D eigenvalue weighted by Gasteiger charge is 2.48. The summed E-state index contributed by atoms with van der Waals surface area (Å²) in [6.07, 6.45) is 0. The molecule has 2 heterocycles. The number of hydrogen-bond donors (Lipinski definition) is 1. The minimum absolute atomic E-state index is 0.0548. The number of aliphatic hydroxyl groups excluding tert-OH is 1. The lowest BCUT2D eigenvalue weighted by molar-refractivity contribution is -0.132. The molecule has 228 valence electrons. The smallest absolute Gasteiger partial charge is 0.301 e. The van der Waals surface area contributed by atoms with Gasteiger partial charge in [-0.1, -0.05) is 65.9 Å². The molecule has 45 heavy (non-hydrogen) atoms. The van der Waals surface area contributed by atoms with E-state index in [-0.39, 0.29) is 11.3 Å². The number of carbonyl (C=O) groups excluding carboxylic acids is 2. The second-order valence-electron chi connectivity index (χ2n) is 10.7. The SMILES string of the molecule is CCOc1cccc(C(O)=C2C(=O)C(=O)N(c3nc4c(C)cc(C)cc4s3)C2c2ccc(OCc3ccccc3)c(OC)c2)c1. The van der Waals surface area contributed by atoms with Gasteiger partial charge in [0.2, 0.25) is 0 Å². The Balaban J connectivity index is 1.49. The van der Waals surface area contributed by atoms with Gasteiger partial charge in [0, 0.05) is 5.56 Å². The minimum atomic E-state index is -0.986. The Bertz CT molecular complexity index is 1950. The van der Waals surface area contributed by atoms with E-state index in [2.05, 4.69) is 0 Å². The number of aromatic nitrogens is 1. The van der Waals surface area contributed by atoms with Crippen LogP contribution >= 0.6 is 11.3 Å². The first kappa shape index (κ1) is 29.9. The van der Waals surface area contributed by atoms with Crippen molar-refractivity contribution in [3.63, 3.8) is 0 Å². The van der Waals surface area contributed by atoms with E-state index in [0.717, 1.165) is 26.9 Å². The largest absolute Gasteiger partial charge is 0.507 e. The predicted octanol–water partition coefficient (Wildman–Crippen LogP) is 7.53. The van der Waals surface area contributed by atoms with E-state index in [1.165, 1.54) is 23.3 Å². The number of ketones is 1. The quantitative estimate of drug-likeness (QED) is 0.103. The van der Waals surface area contributed by atoms with Crippen LogP contribution in [0, 0.1) is 13.8 Å². The number of fused-ring (bicyclic) bond motifs is 1.